The van der Waals surface area contributed by atoms with Crippen molar-refractivity contribution in [1.82, 2.24) is 0 Å². The van der Waals surface area contributed by atoms with Crippen molar-refractivity contribution < 1.29 is 24.1 Å². The first-order valence-electron chi connectivity index (χ1n) is 12.5. The van der Waals surface area contributed by atoms with Crippen LogP contribution in [0.15, 0.2) is 23.3 Å². The number of allylic oxidation sites excluding steroid dienone is 2. The molecule has 1 N–H and O–H groups in total. The first-order valence-corrected chi connectivity index (χ1v) is 12.5. The molecule has 180 valence electrons. The summed E-state index contributed by atoms with van der Waals surface area (Å²) < 4.78 is 25.1. The lowest BCUT2D eigenvalue weighted by Crippen LogP contribution is -2.46. The molecule has 0 amide bonds. The largest absolute Gasteiger partial charge is 0.390 e. The van der Waals surface area contributed by atoms with Crippen molar-refractivity contribution in [3.63, 3.8) is 0 Å². The summed E-state index contributed by atoms with van der Waals surface area (Å²) in [7, 11) is 3.41. The first kappa shape index (κ1) is 23.0. The molecule has 0 radical (unpaired) electrons. The maximum atomic E-state index is 11.6. The van der Waals surface area contributed by atoms with Crippen molar-refractivity contribution >= 4 is 0 Å². The van der Waals surface area contributed by atoms with Gasteiger partial charge in [-0.25, -0.2) is 0 Å². The van der Waals surface area contributed by atoms with Gasteiger partial charge in [-0.1, -0.05) is 31.6 Å². The molecular weight excluding hydrogens is 404 g/mol. The molecule has 10 atom stereocenters. The van der Waals surface area contributed by atoms with Crippen LogP contribution in [0.1, 0.15) is 73.1 Å². The predicted octanol–water partition coefficient (Wildman–Crippen LogP) is 4.99. The summed E-state index contributed by atoms with van der Waals surface area (Å²) in [5, 5.41) is 11.6. The second kappa shape index (κ2) is 7.39. The van der Waals surface area contributed by atoms with Crippen molar-refractivity contribution in [1.29, 1.82) is 0 Å². The molecule has 5 heteroatoms. The van der Waals surface area contributed by atoms with E-state index in [2.05, 4.69) is 39.8 Å². The van der Waals surface area contributed by atoms with Crippen molar-refractivity contribution in [2.24, 2.45) is 29.1 Å². The molecular formula is C27H42O5. The highest BCUT2D eigenvalue weighted by molar-refractivity contribution is 5.29. The normalized spacial score (nSPS) is 55.8. The van der Waals surface area contributed by atoms with Gasteiger partial charge in [0.05, 0.1) is 17.3 Å². The zero-order valence-corrected chi connectivity index (χ0v) is 20.9. The second-order valence-electron chi connectivity index (χ2n) is 12.2. The van der Waals surface area contributed by atoms with Crippen LogP contribution in [0, 0.1) is 29.1 Å². The van der Waals surface area contributed by atoms with E-state index in [4.69, 9.17) is 18.9 Å². The topological polar surface area (TPSA) is 57.2 Å². The maximum absolute atomic E-state index is 11.6. The Bertz CT molecular complexity index is 828. The molecule has 2 heterocycles. The van der Waals surface area contributed by atoms with Gasteiger partial charge in [0.25, 0.3) is 0 Å². The molecule has 0 unspecified atom stereocenters. The third-order valence-electron chi connectivity index (χ3n) is 9.88. The van der Waals surface area contributed by atoms with Crippen molar-refractivity contribution in [2.75, 3.05) is 14.2 Å². The molecule has 2 aliphatic heterocycles. The van der Waals surface area contributed by atoms with Gasteiger partial charge >= 0.3 is 0 Å². The van der Waals surface area contributed by atoms with Crippen LogP contribution in [-0.4, -0.2) is 48.7 Å². The van der Waals surface area contributed by atoms with Crippen LogP contribution in [0.3, 0.4) is 0 Å². The van der Waals surface area contributed by atoms with Crippen LogP contribution in [-0.2, 0) is 18.9 Å². The van der Waals surface area contributed by atoms with Crippen LogP contribution < -0.4 is 0 Å². The Morgan fingerprint density at radius 2 is 1.94 bits per heavy atom. The van der Waals surface area contributed by atoms with E-state index in [0.29, 0.717) is 18.3 Å². The number of fused-ring (bicyclic) bond motifs is 2. The monoisotopic (exact) mass is 446 g/mol. The number of aliphatic hydroxyl groups is 1. The summed E-state index contributed by atoms with van der Waals surface area (Å²) in [4.78, 5) is 0. The minimum absolute atomic E-state index is 0.0297. The Morgan fingerprint density at radius 3 is 2.59 bits per heavy atom. The predicted molar refractivity (Wildman–Crippen MR) is 123 cm³/mol. The standard InChI is InChI=1S/C27H42O5/c1-16(2)12-18-13-17(3)26(31-18)11-10-24(4)14-20-22-19(8-9-21(24)26)23(29-6)32-27(22,30-7)15-25(20,5)28/h8,12,17-18,20-23,28H,9-11,13-15H2,1-7H3/b19-8+/t17-,18-,20-,21+,22+,23+,24+,25+,26-,27-/m0/s1. The Morgan fingerprint density at radius 1 is 1.19 bits per heavy atom. The number of hydrogen-bond acceptors (Lipinski definition) is 5. The van der Waals surface area contributed by atoms with Gasteiger partial charge in [-0.05, 0) is 81.6 Å². The lowest BCUT2D eigenvalue weighted by atomic mass is 9.62. The first-order chi connectivity index (χ1) is 15.0. The minimum atomic E-state index is -0.841. The van der Waals surface area contributed by atoms with Gasteiger partial charge in [0.1, 0.15) is 0 Å². The van der Waals surface area contributed by atoms with E-state index in [9.17, 15) is 5.11 Å². The summed E-state index contributed by atoms with van der Waals surface area (Å²) >= 11 is 0. The Balaban J connectivity index is 1.57. The molecule has 0 aromatic rings. The molecule has 32 heavy (non-hydrogen) atoms. The van der Waals surface area contributed by atoms with E-state index < -0.39 is 17.7 Å². The molecule has 3 aliphatic carbocycles. The number of rotatable bonds is 3. The fourth-order valence-electron chi connectivity index (χ4n) is 8.50. The summed E-state index contributed by atoms with van der Waals surface area (Å²) in [6.07, 6.45) is 10.2. The molecule has 4 fully saturated rings. The lowest BCUT2D eigenvalue weighted by Gasteiger charge is -2.46. The van der Waals surface area contributed by atoms with Gasteiger partial charge in [0.15, 0.2) is 12.1 Å². The lowest BCUT2D eigenvalue weighted by molar-refractivity contribution is -0.265. The minimum Gasteiger partial charge on any atom is -0.390 e. The average Bonchev–Trinajstić information content (AvgIpc) is 3.32. The molecule has 5 nitrogen and oxygen atoms in total. The molecule has 0 aromatic carbocycles. The van der Waals surface area contributed by atoms with Gasteiger partial charge in [-0.3, -0.25) is 0 Å². The van der Waals surface area contributed by atoms with Crippen molar-refractivity contribution in [2.45, 2.75) is 103 Å². The summed E-state index contributed by atoms with van der Waals surface area (Å²) in [6, 6.07) is 0. The van der Waals surface area contributed by atoms with E-state index >= 15 is 0 Å². The zero-order chi connectivity index (χ0) is 23.1. The molecule has 1 spiro atoms. The van der Waals surface area contributed by atoms with Crippen LogP contribution >= 0.6 is 0 Å². The fraction of sp³-hybridized carbons (Fsp3) is 0.852. The average molecular weight is 447 g/mol. The molecule has 2 saturated heterocycles. The molecule has 0 bridgehead atoms. The van der Waals surface area contributed by atoms with Crippen LogP contribution in [0.25, 0.3) is 0 Å². The highest BCUT2D eigenvalue weighted by Crippen LogP contribution is 2.67. The Labute approximate surface area is 193 Å². The van der Waals surface area contributed by atoms with Gasteiger partial charge in [0, 0.05) is 26.6 Å². The Kier molecular flexibility index (Phi) is 5.32. The number of methoxy groups -OCH3 is 2. The third-order valence-corrected chi connectivity index (χ3v) is 9.88. The van der Waals surface area contributed by atoms with E-state index in [1.807, 2.05) is 6.92 Å². The molecule has 5 aliphatic rings. The van der Waals surface area contributed by atoms with Gasteiger partial charge in [-0.15, -0.1) is 0 Å². The smallest absolute Gasteiger partial charge is 0.183 e. The third kappa shape index (κ3) is 3.07. The van der Waals surface area contributed by atoms with Gasteiger partial charge in [0.2, 0.25) is 0 Å². The quantitative estimate of drug-likeness (QED) is 0.619. The summed E-state index contributed by atoms with van der Waals surface area (Å²) in [5.74, 6) is 0.236. The highest BCUT2D eigenvalue weighted by Gasteiger charge is 2.70. The number of ether oxygens (including phenoxy) is 4. The molecule has 2 saturated carbocycles. The van der Waals surface area contributed by atoms with Crippen molar-refractivity contribution in [3.8, 4) is 0 Å². The van der Waals surface area contributed by atoms with Crippen LogP contribution in [0.5, 0.6) is 0 Å². The maximum Gasteiger partial charge on any atom is 0.183 e. The molecule has 5 rings (SSSR count). The van der Waals surface area contributed by atoms with E-state index in [-0.39, 0.29) is 29.0 Å². The van der Waals surface area contributed by atoms with E-state index in [0.717, 1.165) is 37.7 Å². The SMILES string of the molecule is CO[C@@H]1O[C@@]2(OC)C[C@@](C)(O)[C@H]3C[C@@]4(C)CC[C@@]5(O[C@@H](C=C(C)C)C[C@@H]5C)[C@@H]4C/C=C/1[C@H]32. The zero-order valence-electron chi connectivity index (χ0n) is 20.9. The number of hydrogen-bond donors (Lipinski definition) is 1. The van der Waals surface area contributed by atoms with E-state index in [1.165, 1.54) is 5.57 Å². The van der Waals surface area contributed by atoms with Crippen LogP contribution in [0.4, 0.5) is 0 Å². The highest BCUT2D eigenvalue weighted by atomic mass is 16.8. The fourth-order valence-corrected chi connectivity index (χ4v) is 8.50. The van der Waals surface area contributed by atoms with Gasteiger partial charge < -0.3 is 24.1 Å². The summed E-state index contributed by atoms with van der Waals surface area (Å²) in [5.41, 5.74) is 1.66. The molecule has 0 aromatic heterocycles. The Hall–Kier alpha value is -0.720. The second-order valence-corrected chi connectivity index (χ2v) is 12.2. The summed E-state index contributed by atoms with van der Waals surface area (Å²) in [6.45, 7) is 11.1. The van der Waals surface area contributed by atoms with Crippen molar-refractivity contribution in [3.05, 3.63) is 23.3 Å². The van der Waals surface area contributed by atoms with E-state index in [1.54, 1.807) is 14.2 Å². The van der Waals surface area contributed by atoms with Crippen LogP contribution in [0.2, 0.25) is 0 Å². The van der Waals surface area contributed by atoms with Gasteiger partial charge in [-0.2, -0.15) is 0 Å².